The van der Waals surface area contributed by atoms with Crippen molar-refractivity contribution in [2.45, 2.75) is 66.5 Å². The molecule has 2 aromatic rings. The molecule has 1 unspecified atom stereocenters. The van der Waals surface area contributed by atoms with E-state index < -0.39 is 22.0 Å². The van der Waals surface area contributed by atoms with Crippen LogP contribution in [0.25, 0.3) is 0 Å². The van der Waals surface area contributed by atoms with E-state index in [1.54, 1.807) is 12.1 Å². The molecule has 1 atom stereocenters. The maximum atomic E-state index is 13.7. The summed E-state index contributed by atoms with van der Waals surface area (Å²) in [4.78, 5) is 28.3. The van der Waals surface area contributed by atoms with Gasteiger partial charge in [-0.05, 0) is 56.4 Å². The van der Waals surface area contributed by atoms with Gasteiger partial charge in [0, 0.05) is 13.1 Å². The molecule has 0 fully saturated rings. The number of carbonyl (C=O) groups is 2. The SMILES string of the molecule is CCCCNC(=O)C(CC)N(Cc1ccc(C)cc1)C(=O)CN(c1cccc(C)c1C)S(C)(=O)=O. The smallest absolute Gasteiger partial charge is 0.244 e. The van der Waals surface area contributed by atoms with Crippen molar-refractivity contribution in [1.29, 1.82) is 0 Å². The molecule has 0 saturated heterocycles. The molecule has 2 aromatic carbocycles. The van der Waals surface area contributed by atoms with Crippen molar-refractivity contribution in [2.75, 3.05) is 23.7 Å². The van der Waals surface area contributed by atoms with Crippen molar-refractivity contribution < 1.29 is 18.0 Å². The van der Waals surface area contributed by atoms with Gasteiger partial charge in [0.2, 0.25) is 21.8 Å². The molecule has 7 nitrogen and oxygen atoms in total. The number of anilines is 1. The van der Waals surface area contributed by atoms with Crippen LogP contribution in [0.1, 0.15) is 55.4 Å². The Balaban J connectivity index is 2.43. The van der Waals surface area contributed by atoms with Gasteiger partial charge >= 0.3 is 0 Å². The first-order valence-corrected chi connectivity index (χ1v) is 14.0. The fraction of sp³-hybridized carbons (Fsp3) is 0.481. The van der Waals surface area contributed by atoms with Gasteiger partial charge in [0.1, 0.15) is 12.6 Å². The number of nitrogens with one attached hydrogen (secondary N) is 1. The van der Waals surface area contributed by atoms with E-state index in [1.165, 1.54) is 4.90 Å². The van der Waals surface area contributed by atoms with Gasteiger partial charge in [0.15, 0.2) is 0 Å². The number of aryl methyl sites for hydroxylation is 2. The first kappa shape index (κ1) is 28.4. The minimum Gasteiger partial charge on any atom is -0.354 e. The third-order valence-electron chi connectivity index (χ3n) is 6.21. The second-order valence-electron chi connectivity index (χ2n) is 9.06. The Bertz CT molecular complexity index is 1110. The third-order valence-corrected chi connectivity index (χ3v) is 7.34. The third kappa shape index (κ3) is 7.82. The van der Waals surface area contributed by atoms with Crippen LogP contribution < -0.4 is 9.62 Å². The molecule has 0 spiro atoms. The first-order chi connectivity index (χ1) is 16.5. The second kappa shape index (κ2) is 12.7. The summed E-state index contributed by atoms with van der Waals surface area (Å²) in [6.07, 6.45) is 3.31. The Kier molecular flexibility index (Phi) is 10.3. The molecule has 0 bridgehead atoms. The van der Waals surface area contributed by atoms with Crippen LogP contribution in [0.5, 0.6) is 0 Å². The van der Waals surface area contributed by atoms with Crippen LogP contribution in [0, 0.1) is 20.8 Å². The highest BCUT2D eigenvalue weighted by molar-refractivity contribution is 7.92. The minimum atomic E-state index is -3.75. The van der Waals surface area contributed by atoms with Gasteiger partial charge in [0.05, 0.1) is 11.9 Å². The van der Waals surface area contributed by atoms with Gasteiger partial charge < -0.3 is 10.2 Å². The summed E-state index contributed by atoms with van der Waals surface area (Å²) in [7, 11) is -3.75. The Morgan fingerprint density at radius 1 is 1.00 bits per heavy atom. The number of unbranched alkanes of at least 4 members (excludes halogenated alkanes) is 1. The monoisotopic (exact) mass is 501 g/mol. The van der Waals surface area contributed by atoms with Gasteiger partial charge in [-0.3, -0.25) is 13.9 Å². The highest BCUT2D eigenvalue weighted by atomic mass is 32.2. The van der Waals surface area contributed by atoms with Gasteiger partial charge in [-0.2, -0.15) is 0 Å². The van der Waals surface area contributed by atoms with E-state index in [0.717, 1.165) is 45.7 Å². The molecule has 0 heterocycles. The Hall–Kier alpha value is -2.87. The Labute approximate surface area is 210 Å². The number of rotatable bonds is 12. The van der Waals surface area contributed by atoms with Crippen molar-refractivity contribution in [3.63, 3.8) is 0 Å². The number of nitrogens with zero attached hydrogens (tertiary/aromatic N) is 2. The lowest BCUT2D eigenvalue weighted by molar-refractivity contribution is -0.140. The highest BCUT2D eigenvalue weighted by Crippen LogP contribution is 2.25. The fourth-order valence-electron chi connectivity index (χ4n) is 3.92. The standard InChI is InChI=1S/C27H39N3O4S/c1-7-9-17-28-27(32)24(8-2)29(18-23-15-13-20(3)14-16-23)26(31)19-30(35(6,33)34)25-12-10-11-21(4)22(25)5/h10-16,24H,7-9,17-19H2,1-6H3,(H,28,32). The van der Waals surface area contributed by atoms with Crippen LogP contribution in [-0.2, 0) is 26.2 Å². The van der Waals surface area contributed by atoms with Crippen molar-refractivity contribution in [1.82, 2.24) is 10.2 Å². The maximum Gasteiger partial charge on any atom is 0.244 e. The molecule has 0 aliphatic heterocycles. The van der Waals surface area contributed by atoms with Crippen LogP contribution >= 0.6 is 0 Å². The van der Waals surface area contributed by atoms with E-state index in [2.05, 4.69) is 5.32 Å². The first-order valence-electron chi connectivity index (χ1n) is 12.2. The molecule has 0 radical (unpaired) electrons. The number of carbonyl (C=O) groups excluding carboxylic acids is 2. The number of hydrogen-bond acceptors (Lipinski definition) is 4. The molecule has 2 rings (SSSR count). The predicted octanol–water partition coefficient (Wildman–Crippen LogP) is 4.10. The van der Waals surface area contributed by atoms with Crippen LogP contribution in [0.4, 0.5) is 5.69 Å². The zero-order chi connectivity index (χ0) is 26.2. The zero-order valence-corrected chi connectivity index (χ0v) is 22.6. The summed E-state index contributed by atoms with van der Waals surface area (Å²) in [5.74, 6) is -0.645. The molecular weight excluding hydrogens is 462 g/mol. The van der Waals surface area contributed by atoms with Crippen LogP contribution in [-0.4, -0.2) is 50.5 Å². The van der Waals surface area contributed by atoms with Crippen molar-refractivity contribution in [3.8, 4) is 0 Å². The summed E-state index contributed by atoms with van der Waals surface area (Å²) in [6.45, 7) is 10.00. The topological polar surface area (TPSA) is 86.8 Å². The lowest BCUT2D eigenvalue weighted by Crippen LogP contribution is -2.52. The van der Waals surface area contributed by atoms with Crippen LogP contribution in [0.3, 0.4) is 0 Å². The second-order valence-corrected chi connectivity index (χ2v) is 11.0. The fourth-order valence-corrected chi connectivity index (χ4v) is 4.82. The van der Waals surface area contributed by atoms with Crippen molar-refractivity contribution >= 4 is 27.5 Å². The molecule has 0 aliphatic carbocycles. The van der Waals surface area contributed by atoms with E-state index in [-0.39, 0.29) is 19.0 Å². The Morgan fingerprint density at radius 3 is 2.23 bits per heavy atom. The van der Waals surface area contributed by atoms with Gasteiger partial charge in [-0.15, -0.1) is 0 Å². The van der Waals surface area contributed by atoms with Crippen molar-refractivity contribution in [3.05, 3.63) is 64.7 Å². The number of sulfonamides is 1. The number of amides is 2. The maximum absolute atomic E-state index is 13.7. The average Bonchev–Trinajstić information content (AvgIpc) is 2.80. The van der Waals surface area contributed by atoms with E-state index in [1.807, 2.05) is 65.0 Å². The normalized spacial score (nSPS) is 12.2. The van der Waals surface area contributed by atoms with Crippen LogP contribution in [0.15, 0.2) is 42.5 Å². The number of benzene rings is 2. The van der Waals surface area contributed by atoms with Gasteiger partial charge in [0.25, 0.3) is 0 Å². The summed E-state index contributed by atoms with van der Waals surface area (Å²) < 4.78 is 26.7. The molecule has 8 heteroatoms. The molecule has 0 aromatic heterocycles. The molecule has 1 N–H and O–H groups in total. The lowest BCUT2D eigenvalue weighted by Gasteiger charge is -2.33. The molecule has 35 heavy (non-hydrogen) atoms. The zero-order valence-electron chi connectivity index (χ0n) is 21.8. The Morgan fingerprint density at radius 2 is 1.66 bits per heavy atom. The van der Waals surface area contributed by atoms with Crippen LogP contribution in [0.2, 0.25) is 0 Å². The summed E-state index contributed by atoms with van der Waals surface area (Å²) in [5.41, 5.74) is 4.16. The summed E-state index contributed by atoms with van der Waals surface area (Å²) in [5, 5.41) is 2.93. The van der Waals surface area contributed by atoms with E-state index in [9.17, 15) is 18.0 Å². The largest absolute Gasteiger partial charge is 0.354 e. The van der Waals surface area contributed by atoms with E-state index in [0.29, 0.717) is 18.7 Å². The number of hydrogen-bond donors (Lipinski definition) is 1. The van der Waals surface area contributed by atoms with Crippen molar-refractivity contribution in [2.24, 2.45) is 0 Å². The summed E-state index contributed by atoms with van der Waals surface area (Å²) in [6, 6.07) is 12.4. The quantitative estimate of drug-likeness (QED) is 0.444. The predicted molar refractivity (Wildman–Crippen MR) is 142 cm³/mol. The van der Waals surface area contributed by atoms with E-state index >= 15 is 0 Å². The van der Waals surface area contributed by atoms with Gasteiger partial charge in [-0.25, -0.2) is 8.42 Å². The molecule has 0 aliphatic rings. The highest BCUT2D eigenvalue weighted by Gasteiger charge is 2.32. The molecule has 0 saturated carbocycles. The minimum absolute atomic E-state index is 0.212. The lowest BCUT2D eigenvalue weighted by atomic mass is 10.1. The summed E-state index contributed by atoms with van der Waals surface area (Å²) >= 11 is 0. The molecular formula is C27H39N3O4S. The molecule has 192 valence electrons. The van der Waals surface area contributed by atoms with E-state index in [4.69, 9.17) is 0 Å². The average molecular weight is 502 g/mol. The molecule has 2 amide bonds. The van der Waals surface area contributed by atoms with Gasteiger partial charge in [-0.1, -0.05) is 62.2 Å².